The van der Waals surface area contributed by atoms with E-state index in [-0.39, 0.29) is 0 Å². The van der Waals surface area contributed by atoms with Gasteiger partial charge < -0.3 is 0 Å². The first-order valence-corrected chi connectivity index (χ1v) is 9.68. The van der Waals surface area contributed by atoms with Gasteiger partial charge >= 0.3 is 0 Å². The van der Waals surface area contributed by atoms with E-state index in [1.54, 1.807) is 16.6 Å². The van der Waals surface area contributed by atoms with Crippen molar-refractivity contribution in [3.05, 3.63) is 47.8 Å². The average Bonchev–Trinajstić information content (AvgIpc) is 3.06. The van der Waals surface area contributed by atoms with E-state index in [1.807, 2.05) is 42.9 Å². The lowest BCUT2D eigenvalue weighted by atomic mass is 10.2. The largest absolute Gasteiger partial charge is 0.299 e. The van der Waals surface area contributed by atoms with Crippen LogP contribution in [0.2, 0.25) is 0 Å². The number of nitrogens with zero attached hydrogens (tertiary/aromatic N) is 4. The molecule has 1 aliphatic heterocycles. The van der Waals surface area contributed by atoms with Crippen LogP contribution < -0.4 is 0 Å². The van der Waals surface area contributed by atoms with Gasteiger partial charge in [0.15, 0.2) is 0 Å². The Morgan fingerprint density at radius 3 is 2.46 bits per heavy atom. The van der Waals surface area contributed by atoms with Gasteiger partial charge in [-0.25, -0.2) is 8.42 Å². The zero-order valence-corrected chi connectivity index (χ0v) is 15.0. The van der Waals surface area contributed by atoms with Crippen molar-refractivity contribution in [2.45, 2.75) is 25.3 Å². The summed E-state index contributed by atoms with van der Waals surface area (Å²) in [5.41, 5.74) is 1.89. The third-order valence-corrected chi connectivity index (χ3v) is 6.54. The maximum atomic E-state index is 12.9. The van der Waals surface area contributed by atoms with E-state index < -0.39 is 10.0 Å². The molecule has 1 fully saturated rings. The topological polar surface area (TPSA) is 58.4 Å². The Morgan fingerprint density at radius 1 is 1.08 bits per heavy atom. The second-order valence-corrected chi connectivity index (χ2v) is 8.19. The van der Waals surface area contributed by atoms with Crippen molar-refractivity contribution in [1.82, 2.24) is 19.0 Å². The molecule has 0 unspecified atom stereocenters. The van der Waals surface area contributed by atoms with Crippen LogP contribution in [0.15, 0.2) is 41.6 Å². The van der Waals surface area contributed by atoms with Crippen LogP contribution in [0, 0.1) is 13.8 Å². The Labute approximate surface area is 143 Å². The van der Waals surface area contributed by atoms with Crippen molar-refractivity contribution in [1.29, 1.82) is 0 Å². The lowest BCUT2D eigenvalue weighted by Crippen LogP contribution is -2.49. The van der Waals surface area contributed by atoms with Crippen LogP contribution in [-0.4, -0.2) is 60.1 Å². The third-order valence-electron chi connectivity index (χ3n) is 4.48. The number of hydrogen-bond donors (Lipinski definition) is 0. The fourth-order valence-electron chi connectivity index (χ4n) is 3.10. The maximum absolute atomic E-state index is 12.9. The molecule has 2 aromatic rings. The number of sulfonamides is 1. The van der Waals surface area contributed by atoms with Gasteiger partial charge in [-0.05, 0) is 31.5 Å². The summed E-state index contributed by atoms with van der Waals surface area (Å²) in [6.45, 7) is 8.14. The van der Waals surface area contributed by atoms with Crippen molar-refractivity contribution >= 4 is 10.0 Å². The Morgan fingerprint density at radius 2 is 1.83 bits per heavy atom. The molecule has 0 aliphatic carbocycles. The van der Waals surface area contributed by atoms with Gasteiger partial charge in [0.1, 0.15) is 0 Å². The Bertz CT molecular complexity index is 779. The lowest BCUT2D eigenvalue weighted by molar-refractivity contribution is 0.181. The predicted octanol–water partition coefficient (Wildman–Crippen LogP) is 1.51. The molecule has 0 N–H and O–H groups in total. The van der Waals surface area contributed by atoms with Crippen LogP contribution in [0.25, 0.3) is 0 Å². The quantitative estimate of drug-likeness (QED) is 0.822. The Hall–Kier alpha value is -1.70. The highest BCUT2D eigenvalue weighted by Crippen LogP contribution is 2.22. The molecule has 0 saturated carbocycles. The van der Waals surface area contributed by atoms with Gasteiger partial charge in [-0.2, -0.15) is 9.40 Å². The van der Waals surface area contributed by atoms with E-state index in [4.69, 9.17) is 0 Å². The zero-order chi connectivity index (χ0) is 17.2. The number of piperazine rings is 1. The summed E-state index contributed by atoms with van der Waals surface area (Å²) < 4.78 is 29.2. The maximum Gasteiger partial charge on any atom is 0.243 e. The highest BCUT2D eigenvalue weighted by Gasteiger charge is 2.29. The van der Waals surface area contributed by atoms with Gasteiger partial charge in [0.2, 0.25) is 10.0 Å². The van der Waals surface area contributed by atoms with Gasteiger partial charge in [0, 0.05) is 45.1 Å². The van der Waals surface area contributed by atoms with Gasteiger partial charge in [-0.1, -0.05) is 17.7 Å². The van der Waals surface area contributed by atoms with Crippen LogP contribution in [0.5, 0.6) is 0 Å². The summed E-state index contributed by atoms with van der Waals surface area (Å²) in [5, 5.41) is 4.19. The molecule has 0 spiro atoms. The first kappa shape index (κ1) is 17.1. The van der Waals surface area contributed by atoms with Crippen LogP contribution >= 0.6 is 0 Å². The van der Waals surface area contributed by atoms with Crippen LogP contribution in [0.3, 0.4) is 0 Å². The molecule has 1 aromatic heterocycles. The van der Waals surface area contributed by atoms with E-state index in [1.165, 1.54) is 0 Å². The fourth-order valence-corrected chi connectivity index (χ4v) is 4.73. The summed E-state index contributed by atoms with van der Waals surface area (Å²) in [7, 11) is -3.40. The second kappa shape index (κ2) is 7.04. The molecule has 130 valence electrons. The number of aromatic nitrogens is 2. The smallest absolute Gasteiger partial charge is 0.243 e. The summed E-state index contributed by atoms with van der Waals surface area (Å²) in [5.74, 6) is 0. The van der Waals surface area contributed by atoms with E-state index in [0.717, 1.165) is 37.3 Å². The van der Waals surface area contributed by atoms with E-state index in [9.17, 15) is 8.42 Å². The molecule has 0 bridgehead atoms. The van der Waals surface area contributed by atoms with Crippen molar-refractivity contribution in [2.24, 2.45) is 0 Å². The second-order valence-electron chi connectivity index (χ2n) is 6.28. The first-order valence-electron chi connectivity index (χ1n) is 8.24. The minimum Gasteiger partial charge on any atom is -0.299 e. The molecular formula is C17H24N4O2S. The first-order chi connectivity index (χ1) is 11.5. The minimum atomic E-state index is -3.40. The number of hydrogen-bond acceptors (Lipinski definition) is 4. The number of aryl methyl sites for hydroxylation is 2. The molecule has 0 amide bonds. The zero-order valence-electron chi connectivity index (χ0n) is 14.2. The predicted molar refractivity (Wildman–Crippen MR) is 93.3 cm³/mol. The summed E-state index contributed by atoms with van der Waals surface area (Å²) in [4.78, 5) is 2.72. The Balaban J connectivity index is 1.61. The van der Waals surface area contributed by atoms with Gasteiger partial charge in [0.25, 0.3) is 0 Å². The molecule has 0 atom stereocenters. The fraction of sp³-hybridized carbons (Fsp3) is 0.471. The molecular weight excluding hydrogens is 324 g/mol. The molecule has 1 aliphatic rings. The SMILES string of the molecule is Cc1ccc(S(=O)(=O)N2CCN(CCn3cccn3)CC2)c(C)c1. The minimum absolute atomic E-state index is 0.429. The molecule has 3 rings (SSSR count). The van der Waals surface area contributed by atoms with Gasteiger partial charge in [-0.15, -0.1) is 0 Å². The van der Waals surface area contributed by atoms with Gasteiger partial charge in [0.05, 0.1) is 11.4 Å². The molecule has 1 aromatic carbocycles. The van der Waals surface area contributed by atoms with Crippen molar-refractivity contribution in [2.75, 3.05) is 32.7 Å². The number of rotatable bonds is 5. The molecule has 1 saturated heterocycles. The summed E-state index contributed by atoms with van der Waals surface area (Å²) >= 11 is 0. The van der Waals surface area contributed by atoms with Crippen LogP contribution in [0.1, 0.15) is 11.1 Å². The molecule has 2 heterocycles. The van der Waals surface area contributed by atoms with E-state index >= 15 is 0 Å². The highest BCUT2D eigenvalue weighted by molar-refractivity contribution is 7.89. The average molecular weight is 348 g/mol. The number of benzene rings is 1. The van der Waals surface area contributed by atoms with Crippen LogP contribution in [-0.2, 0) is 16.6 Å². The Kier molecular flexibility index (Phi) is 5.03. The van der Waals surface area contributed by atoms with Crippen LogP contribution in [0.4, 0.5) is 0 Å². The highest BCUT2D eigenvalue weighted by atomic mass is 32.2. The lowest BCUT2D eigenvalue weighted by Gasteiger charge is -2.34. The molecule has 7 heteroatoms. The van der Waals surface area contributed by atoms with Crippen molar-refractivity contribution in [3.63, 3.8) is 0 Å². The third kappa shape index (κ3) is 3.68. The molecule has 0 radical (unpaired) electrons. The summed E-state index contributed by atoms with van der Waals surface area (Å²) in [6, 6.07) is 7.42. The van der Waals surface area contributed by atoms with Crippen molar-refractivity contribution < 1.29 is 8.42 Å². The van der Waals surface area contributed by atoms with E-state index in [2.05, 4.69) is 10.00 Å². The van der Waals surface area contributed by atoms with E-state index in [0.29, 0.717) is 18.0 Å². The summed E-state index contributed by atoms with van der Waals surface area (Å²) in [6.07, 6.45) is 3.72. The monoisotopic (exact) mass is 348 g/mol. The normalized spacial score (nSPS) is 17.2. The van der Waals surface area contributed by atoms with Crippen molar-refractivity contribution in [3.8, 4) is 0 Å². The standard InChI is InChI=1S/C17H24N4O2S/c1-15-4-5-17(16(2)14-15)24(22,23)21-12-9-19(10-13-21)8-11-20-7-3-6-18-20/h3-7,14H,8-13H2,1-2H3. The van der Waals surface area contributed by atoms with Gasteiger partial charge in [-0.3, -0.25) is 9.58 Å². The molecule has 24 heavy (non-hydrogen) atoms. The molecule has 6 nitrogen and oxygen atoms in total.